The summed E-state index contributed by atoms with van der Waals surface area (Å²) in [7, 11) is 0. The molecule has 0 saturated carbocycles. The van der Waals surface area contributed by atoms with Crippen molar-refractivity contribution in [2.45, 2.75) is 32.0 Å². The minimum absolute atomic E-state index is 0.346. The van der Waals surface area contributed by atoms with Gasteiger partial charge in [0.2, 0.25) is 0 Å². The highest BCUT2D eigenvalue weighted by molar-refractivity contribution is 5.57. The van der Waals surface area contributed by atoms with E-state index in [0.717, 1.165) is 0 Å². The highest BCUT2D eigenvalue weighted by Gasteiger charge is 2.33. The maximum Gasteiger partial charge on any atom is 0.146 e. The molecule has 4 heteroatoms. The van der Waals surface area contributed by atoms with Crippen LogP contribution >= 0.6 is 0 Å². The lowest BCUT2D eigenvalue weighted by molar-refractivity contribution is 0.0838. The van der Waals surface area contributed by atoms with Crippen molar-refractivity contribution in [3.8, 4) is 0 Å². The zero-order valence-electron chi connectivity index (χ0n) is 10.2. The van der Waals surface area contributed by atoms with Crippen molar-refractivity contribution in [3.63, 3.8) is 0 Å². The van der Waals surface area contributed by atoms with E-state index in [1.54, 1.807) is 30.9 Å². The maximum absolute atomic E-state index is 13.9. The molecule has 0 bridgehead atoms. The van der Waals surface area contributed by atoms with Crippen molar-refractivity contribution in [2.24, 2.45) is 0 Å². The van der Waals surface area contributed by atoms with Gasteiger partial charge in [0.1, 0.15) is 5.82 Å². The first-order valence-electron chi connectivity index (χ1n) is 5.84. The summed E-state index contributed by atoms with van der Waals surface area (Å²) in [4.78, 5) is 1.80. The monoisotopic (exact) mass is 239 g/mol. The fourth-order valence-electron chi connectivity index (χ4n) is 2.34. The molecule has 17 heavy (non-hydrogen) atoms. The number of aliphatic hydroxyl groups excluding tert-OH is 1. The molecule has 94 valence electrons. The predicted octanol–water partition coefficient (Wildman–Crippen LogP) is 1.84. The van der Waals surface area contributed by atoms with Crippen molar-refractivity contribution in [2.75, 3.05) is 18.0 Å². The standard InChI is InChI=1S/C13H18FNO2/c1-9(16)10-4-3-5-11(14)12(10)15-7-6-13(2,17)8-15/h3-5,9,16-17H,6-8H2,1-2H3/t9-,13?/m1/s1. The third-order valence-electron chi connectivity index (χ3n) is 3.24. The molecule has 1 saturated heterocycles. The lowest BCUT2D eigenvalue weighted by Crippen LogP contribution is -2.30. The Morgan fingerprint density at radius 3 is 2.71 bits per heavy atom. The third kappa shape index (κ3) is 2.42. The fourth-order valence-corrected chi connectivity index (χ4v) is 2.34. The van der Waals surface area contributed by atoms with E-state index >= 15 is 0 Å². The molecule has 3 nitrogen and oxygen atoms in total. The van der Waals surface area contributed by atoms with Gasteiger partial charge in [-0.05, 0) is 26.3 Å². The van der Waals surface area contributed by atoms with Crippen LogP contribution in [0, 0.1) is 5.82 Å². The number of hydrogen-bond donors (Lipinski definition) is 2. The van der Waals surface area contributed by atoms with Gasteiger partial charge in [0.25, 0.3) is 0 Å². The highest BCUT2D eigenvalue weighted by atomic mass is 19.1. The van der Waals surface area contributed by atoms with Gasteiger partial charge < -0.3 is 15.1 Å². The Bertz CT molecular complexity index is 418. The minimum atomic E-state index is -0.780. The van der Waals surface area contributed by atoms with Crippen LogP contribution in [0.4, 0.5) is 10.1 Å². The van der Waals surface area contributed by atoms with Crippen LogP contribution in [-0.2, 0) is 0 Å². The van der Waals surface area contributed by atoms with Crippen LogP contribution in [-0.4, -0.2) is 28.9 Å². The lowest BCUT2D eigenvalue weighted by Gasteiger charge is -2.25. The zero-order chi connectivity index (χ0) is 12.6. The Kier molecular flexibility index (Phi) is 3.10. The molecule has 0 aromatic heterocycles. The predicted molar refractivity (Wildman–Crippen MR) is 64.5 cm³/mol. The highest BCUT2D eigenvalue weighted by Crippen LogP contribution is 2.34. The Morgan fingerprint density at radius 1 is 1.47 bits per heavy atom. The average Bonchev–Trinajstić information content (AvgIpc) is 2.58. The third-order valence-corrected chi connectivity index (χ3v) is 3.24. The van der Waals surface area contributed by atoms with Gasteiger partial charge in [-0.2, -0.15) is 0 Å². The molecule has 2 atom stereocenters. The number of halogens is 1. The summed E-state index contributed by atoms with van der Waals surface area (Å²) in [5.41, 5.74) is 0.209. The van der Waals surface area contributed by atoms with Crippen LogP contribution in [0.2, 0.25) is 0 Å². The fraction of sp³-hybridized carbons (Fsp3) is 0.538. The Morgan fingerprint density at radius 2 is 2.18 bits per heavy atom. The summed E-state index contributed by atoms with van der Waals surface area (Å²) in [5.74, 6) is -0.346. The molecule has 1 unspecified atom stereocenters. The molecule has 1 fully saturated rings. The van der Waals surface area contributed by atoms with Crippen molar-refractivity contribution >= 4 is 5.69 Å². The quantitative estimate of drug-likeness (QED) is 0.827. The number of anilines is 1. The van der Waals surface area contributed by atoms with Crippen LogP contribution in [0.3, 0.4) is 0 Å². The van der Waals surface area contributed by atoms with E-state index in [4.69, 9.17) is 0 Å². The van der Waals surface area contributed by atoms with Crippen molar-refractivity contribution in [1.82, 2.24) is 0 Å². The molecule has 2 N–H and O–H groups in total. The summed E-state index contributed by atoms with van der Waals surface area (Å²) in [6, 6.07) is 4.69. The molecule has 0 spiro atoms. The molecule has 1 aliphatic heterocycles. The number of aliphatic hydroxyl groups is 2. The molecule has 0 aliphatic carbocycles. The van der Waals surface area contributed by atoms with E-state index in [1.807, 2.05) is 0 Å². The second-order valence-electron chi connectivity index (χ2n) is 5.02. The molecule has 1 aliphatic rings. The van der Waals surface area contributed by atoms with Gasteiger partial charge in [0, 0.05) is 18.7 Å². The van der Waals surface area contributed by atoms with Crippen LogP contribution in [0.1, 0.15) is 31.9 Å². The van der Waals surface area contributed by atoms with E-state index in [2.05, 4.69) is 0 Å². The van der Waals surface area contributed by atoms with E-state index < -0.39 is 11.7 Å². The van der Waals surface area contributed by atoms with Gasteiger partial charge in [-0.25, -0.2) is 4.39 Å². The normalized spacial score (nSPS) is 26.3. The summed E-state index contributed by atoms with van der Waals surface area (Å²) in [6.07, 6.45) is -0.105. The molecule has 1 aromatic rings. The zero-order valence-corrected chi connectivity index (χ0v) is 10.2. The first kappa shape index (κ1) is 12.3. The van der Waals surface area contributed by atoms with Crippen molar-refractivity contribution in [1.29, 1.82) is 0 Å². The van der Waals surface area contributed by atoms with E-state index in [-0.39, 0.29) is 5.82 Å². The molecule has 2 rings (SSSR count). The second kappa shape index (κ2) is 4.27. The van der Waals surface area contributed by atoms with Crippen LogP contribution in [0.25, 0.3) is 0 Å². The van der Waals surface area contributed by atoms with Crippen LogP contribution in [0.15, 0.2) is 18.2 Å². The largest absolute Gasteiger partial charge is 0.389 e. The molecule has 0 amide bonds. The summed E-state index contributed by atoms with van der Waals surface area (Å²) in [5, 5.41) is 19.6. The molecule has 0 radical (unpaired) electrons. The molecular formula is C13H18FNO2. The van der Waals surface area contributed by atoms with Gasteiger partial charge in [0.15, 0.2) is 0 Å². The molecule has 1 aromatic carbocycles. The molecular weight excluding hydrogens is 221 g/mol. The second-order valence-corrected chi connectivity index (χ2v) is 5.02. The first-order valence-corrected chi connectivity index (χ1v) is 5.84. The average molecular weight is 239 g/mol. The number of β-amino-alcohol motifs (C(OH)–C–C–N with tert-alkyl or cyclic N) is 1. The summed E-state index contributed by atoms with van der Waals surface area (Å²) < 4.78 is 13.9. The minimum Gasteiger partial charge on any atom is -0.389 e. The smallest absolute Gasteiger partial charge is 0.146 e. The van der Waals surface area contributed by atoms with Gasteiger partial charge >= 0.3 is 0 Å². The Hall–Kier alpha value is -1.13. The van der Waals surface area contributed by atoms with E-state index in [0.29, 0.717) is 30.8 Å². The lowest BCUT2D eigenvalue weighted by atomic mass is 10.1. The summed E-state index contributed by atoms with van der Waals surface area (Å²) in [6.45, 7) is 4.36. The first-order chi connectivity index (χ1) is 7.91. The van der Waals surface area contributed by atoms with Gasteiger partial charge in [-0.3, -0.25) is 0 Å². The van der Waals surface area contributed by atoms with E-state index in [9.17, 15) is 14.6 Å². The number of benzene rings is 1. The maximum atomic E-state index is 13.9. The van der Waals surface area contributed by atoms with Gasteiger partial charge in [0.05, 0.1) is 17.4 Å². The Labute approximate surface area is 100 Å². The van der Waals surface area contributed by atoms with Crippen LogP contribution < -0.4 is 4.90 Å². The van der Waals surface area contributed by atoms with Crippen molar-refractivity contribution < 1.29 is 14.6 Å². The SMILES string of the molecule is C[C@@H](O)c1cccc(F)c1N1CCC(C)(O)C1. The number of rotatable bonds is 2. The van der Waals surface area contributed by atoms with Gasteiger partial charge in [-0.1, -0.05) is 12.1 Å². The molecule has 1 heterocycles. The van der Waals surface area contributed by atoms with Crippen molar-refractivity contribution in [3.05, 3.63) is 29.6 Å². The number of hydrogen-bond acceptors (Lipinski definition) is 3. The van der Waals surface area contributed by atoms with E-state index in [1.165, 1.54) is 6.07 Å². The van der Waals surface area contributed by atoms with Gasteiger partial charge in [-0.15, -0.1) is 0 Å². The Balaban J connectivity index is 2.38. The summed E-state index contributed by atoms with van der Waals surface area (Å²) >= 11 is 0. The number of para-hydroxylation sites is 1. The number of nitrogens with zero attached hydrogens (tertiary/aromatic N) is 1. The topological polar surface area (TPSA) is 43.7 Å². The van der Waals surface area contributed by atoms with Crippen LogP contribution in [0.5, 0.6) is 0 Å².